The van der Waals surface area contributed by atoms with Gasteiger partial charge < -0.3 is 14.6 Å². The monoisotopic (exact) mass is 308 g/mol. The van der Waals surface area contributed by atoms with Gasteiger partial charge >= 0.3 is 0 Å². The number of ether oxygens (including phenoxy) is 1. The molecular weight excluding hydrogens is 292 g/mol. The van der Waals surface area contributed by atoms with Gasteiger partial charge in [0.2, 0.25) is 0 Å². The second-order valence-electron chi connectivity index (χ2n) is 3.94. The zero-order chi connectivity index (χ0) is 14.5. The molecule has 0 aliphatic rings. The zero-order valence-corrected chi connectivity index (χ0v) is 12.4. The number of methoxy groups -OCH3 is 1. The van der Waals surface area contributed by atoms with Crippen LogP contribution in [-0.2, 0) is 20.3 Å². The smallest absolute Gasteiger partial charge is 0.267 e. The van der Waals surface area contributed by atoms with Crippen molar-refractivity contribution in [2.24, 2.45) is 0 Å². The summed E-state index contributed by atoms with van der Waals surface area (Å²) in [6, 6.07) is 1.27. The Morgan fingerprint density at radius 3 is 2.74 bits per heavy atom. The maximum atomic E-state index is 11.9. The number of hydrogen-bond acceptors (Lipinski definition) is 4. The van der Waals surface area contributed by atoms with Gasteiger partial charge in [0, 0.05) is 37.1 Å². The molecule has 8 heteroatoms. The molecular formula is C11H17ClN2O4S. The van der Waals surface area contributed by atoms with Gasteiger partial charge in [-0.3, -0.25) is 4.79 Å². The van der Waals surface area contributed by atoms with Crippen molar-refractivity contribution in [3.05, 3.63) is 18.0 Å². The highest BCUT2D eigenvalue weighted by atomic mass is 35.7. The van der Waals surface area contributed by atoms with Crippen molar-refractivity contribution in [1.29, 1.82) is 0 Å². The minimum absolute atomic E-state index is 0.0908. The Balaban J connectivity index is 3.05. The number of aromatic nitrogens is 1. The van der Waals surface area contributed by atoms with Gasteiger partial charge in [-0.05, 0) is 12.5 Å². The van der Waals surface area contributed by atoms with Crippen LogP contribution in [0.4, 0.5) is 0 Å². The normalized spacial score (nSPS) is 11.5. The first kappa shape index (κ1) is 16.0. The predicted octanol–water partition coefficient (Wildman–Crippen LogP) is 1.20. The van der Waals surface area contributed by atoms with Crippen molar-refractivity contribution in [2.45, 2.75) is 24.8 Å². The lowest BCUT2D eigenvalue weighted by atomic mass is 10.3. The van der Waals surface area contributed by atoms with E-state index in [0.29, 0.717) is 19.7 Å². The molecule has 0 aliphatic carbocycles. The third-order valence-corrected chi connectivity index (χ3v) is 3.78. The molecule has 0 radical (unpaired) electrons. The van der Waals surface area contributed by atoms with Gasteiger partial charge in [0.25, 0.3) is 15.0 Å². The Labute approximate surface area is 117 Å². The van der Waals surface area contributed by atoms with Crippen LogP contribution in [0.15, 0.2) is 17.2 Å². The SMILES string of the molecule is CCCNC(=O)c1cc(S(=O)(=O)Cl)cn1CCOC. The number of carbonyl (C=O) groups excluding carboxylic acids is 1. The first-order valence-corrected chi connectivity index (χ1v) is 8.13. The van der Waals surface area contributed by atoms with Crippen molar-refractivity contribution in [2.75, 3.05) is 20.3 Å². The molecule has 19 heavy (non-hydrogen) atoms. The Morgan fingerprint density at radius 1 is 1.53 bits per heavy atom. The average Bonchev–Trinajstić information content (AvgIpc) is 2.77. The molecule has 0 saturated heterocycles. The van der Waals surface area contributed by atoms with Crippen LogP contribution in [0.2, 0.25) is 0 Å². The Hall–Kier alpha value is -1.05. The first-order valence-electron chi connectivity index (χ1n) is 5.82. The molecule has 0 spiro atoms. The van der Waals surface area contributed by atoms with Crippen molar-refractivity contribution in [1.82, 2.24) is 9.88 Å². The molecule has 0 bridgehead atoms. The first-order chi connectivity index (χ1) is 8.90. The van der Waals surface area contributed by atoms with E-state index in [1.54, 1.807) is 0 Å². The molecule has 1 N–H and O–H groups in total. The molecule has 0 saturated carbocycles. The van der Waals surface area contributed by atoms with Gasteiger partial charge in [-0.1, -0.05) is 6.92 Å². The van der Waals surface area contributed by atoms with Gasteiger partial charge in [-0.25, -0.2) is 8.42 Å². The highest BCUT2D eigenvalue weighted by Gasteiger charge is 2.19. The third kappa shape index (κ3) is 4.52. The van der Waals surface area contributed by atoms with E-state index in [0.717, 1.165) is 6.42 Å². The van der Waals surface area contributed by atoms with Crippen LogP contribution >= 0.6 is 10.7 Å². The summed E-state index contributed by atoms with van der Waals surface area (Å²) >= 11 is 0. The fourth-order valence-electron chi connectivity index (χ4n) is 1.51. The number of carbonyl (C=O) groups is 1. The molecule has 0 atom stereocenters. The van der Waals surface area contributed by atoms with Gasteiger partial charge in [-0.2, -0.15) is 0 Å². The van der Waals surface area contributed by atoms with E-state index in [-0.39, 0.29) is 16.5 Å². The standard InChI is InChI=1S/C11H17ClN2O4S/c1-3-4-13-11(15)10-7-9(19(12,16)17)8-14(10)5-6-18-2/h7-8H,3-6H2,1-2H3,(H,13,15). The Morgan fingerprint density at radius 2 is 2.21 bits per heavy atom. The number of nitrogens with one attached hydrogen (secondary N) is 1. The fourth-order valence-corrected chi connectivity index (χ4v) is 2.27. The van der Waals surface area contributed by atoms with E-state index in [4.69, 9.17) is 15.4 Å². The molecule has 1 aromatic rings. The summed E-state index contributed by atoms with van der Waals surface area (Å²) in [5.41, 5.74) is 0.254. The molecule has 1 heterocycles. The zero-order valence-electron chi connectivity index (χ0n) is 10.8. The maximum absolute atomic E-state index is 11.9. The van der Waals surface area contributed by atoms with Crippen LogP contribution < -0.4 is 5.32 Å². The summed E-state index contributed by atoms with van der Waals surface area (Å²) in [4.78, 5) is 11.8. The lowest BCUT2D eigenvalue weighted by molar-refractivity contribution is 0.0941. The highest BCUT2D eigenvalue weighted by Crippen LogP contribution is 2.18. The third-order valence-electron chi connectivity index (χ3n) is 2.46. The summed E-state index contributed by atoms with van der Waals surface area (Å²) in [5, 5.41) is 2.69. The van der Waals surface area contributed by atoms with Gasteiger partial charge in [0.05, 0.1) is 6.61 Å². The van der Waals surface area contributed by atoms with E-state index in [1.807, 2.05) is 6.92 Å². The van der Waals surface area contributed by atoms with Crippen LogP contribution in [-0.4, -0.2) is 39.2 Å². The number of hydrogen-bond donors (Lipinski definition) is 1. The van der Waals surface area contributed by atoms with Gasteiger partial charge in [0.15, 0.2) is 0 Å². The van der Waals surface area contributed by atoms with E-state index in [2.05, 4.69) is 5.32 Å². The highest BCUT2D eigenvalue weighted by molar-refractivity contribution is 8.13. The summed E-state index contributed by atoms with van der Waals surface area (Å²) in [6.07, 6.45) is 2.13. The predicted molar refractivity (Wildman–Crippen MR) is 72.0 cm³/mol. The van der Waals surface area contributed by atoms with Crippen LogP contribution in [0.1, 0.15) is 23.8 Å². The van der Waals surface area contributed by atoms with Crippen molar-refractivity contribution in [3.8, 4) is 0 Å². The second-order valence-corrected chi connectivity index (χ2v) is 6.51. The van der Waals surface area contributed by atoms with E-state index < -0.39 is 9.05 Å². The largest absolute Gasteiger partial charge is 0.383 e. The summed E-state index contributed by atoms with van der Waals surface area (Å²) in [5.74, 6) is -0.329. The Bertz CT molecular complexity index is 539. The summed E-state index contributed by atoms with van der Waals surface area (Å²) < 4.78 is 29.0. The van der Waals surface area contributed by atoms with E-state index >= 15 is 0 Å². The molecule has 108 valence electrons. The molecule has 1 amide bonds. The molecule has 1 rings (SSSR count). The van der Waals surface area contributed by atoms with Crippen LogP contribution in [0.5, 0.6) is 0 Å². The molecule has 6 nitrogen and oxygen atoms in total. The molecule has 0 fully saturated rings. The lowest BCUT2D eigenvalue weighted by Crippen LogP contribution is -2.26. The van der Waals surface area contributed by atoms with E-state index in [9.17, 15) is 13.2 Å². The van der Waals surface area contributed by atoms with Crippen LogP contribution in [0.25, 0.3) is 0 Å². The van der Waals surface area contributed by atoms with Gasteiger partial charge in [0.1, 0.15) is 10.6 Å². The second kappa shape index (κ2) is 6.93. The average molecular weight is 309 g/mol. The van der Waals surface area contributed by atoms with Crippen molar-refractivity contribution < 1.29 is 17.9 Å². The Kier molecular flexibility index (Phi) is 5.84. The molecule has 0 aliphatic heterocycles. The molecule has 0 aromatic carbocycles. The fraction of sp³-hybridized carbons (Fsp3) is 0.545. The molecule has 1 aromatic heterocycles. The van der Waals surface area contributed by atoms with Crippen LogP contribution in [0.3, 0.4) is 0 Å². The lowest BCUT2D eigenvalue weighted by Gasteiger charge is -2.08. The summed E-state index contributed by atoms with van der Waals surface area (Å²) in [7, 11) is 2.96. The van der Waals surface area contributed by atoms with Crippen molar-refractivity contribution >= 4 is 25.6 Å². The van der Waals surface area contributed by atoms with Crippen molar-refractivity contribution in [3.63, 3.8) is 0 Å². The van der Waals surface area contributed by atoms with E-state index in [1.165, 1.54) is 23.9 Å². The maximum Gasteiger partial charge on any atom is 0.267 e. The quantitative estimate of drug-likeness (QED) is 0.768. The number of nitrogens with zero attached hydrogens (tertiary/aromatic N) is 1. The topological polar surface area (TPSA) is 77.4 Å². The number of rotatable bonds is 7. The number of halogens is 1. The van der Waals surface area contributed by atoms with Crippen LogP contribution in [0, 0.1) is 0 Å². The minimum atomic E-state index is -3.85. The molecule has 0 unspecified atom stereocenters. The summed E-state index contributed by atoms with van der Waals surface area (Å²) in [6.45, 7) is 3.19. The minimum Gasteiger partial charge on any atom is -0.383 e. The number of amides is 1. The van der Waals surface area contributed by atoms with Gasteiger partial charge in [-0.15, -0.1) is 0 Å².